The van der Waals surface area contributed by atoms with E-state index in [4.69, 9.17) is 5.26 Å². The third-order valence-electron chi connectivity index (χ3n) is 2.98. The topological polar surface area (TPSA) is 68.9 Å². The fourth-order valence-electron chi connectivity index (χ4n) is 1.85. The van der Waals surface area contributed by atoms with Gasteiger partial charge in [-0.1, -0.05) is 28.1 Å². The first-order chi connectivity index (χ1) is 9.61. The minimum atomic E-state index is -0.684. The van der Waals surface area contributed by atoms with Crippen molar-refractivity contribution in [1.82, 2.24) is 4.98 Å². The SMILES string of the molecule is C[C@H](Nc1ncccc1C#N)[C@@H](O)c1ccc(Br)cc1. The summed E-state index contributed by atoms with van der Waals surface area (Å²) in [6.07, 6.45) is 0.929. The molecule has 2 aromatic rings. The summed E-state index contributed by atoms with van der Waals surface area (Å²) in [6.45, 7) is 1.85. The molecule has 20 heavy (non-hydrogen) atoms. The Bertz CT molecular complexity index is 622. The second-order valence-electron chi connectivity index (χ2n) is 4.44. The van der Waals surface area contributed by atoms with Crippen LogP contribution in [-0.4, -0.2) is 16.1 Å². The molecular formula is C15H14BrN3O. The molecule has 0 saturated heterocycles. The molecule has 2 atom stereocenters. The number of rotatable bonds is 4. The number of nitrogens with one attached hydrogen (secondary N) is 1. The molecule has 0 aliphatic rings. The molecule has 4 nitrogen and oxygen atoms in total. The van der Waals surface area contributed by atoms with Gasteiger partial charge < -0.3 is 10.4 Å². The first kappa shape index (κ1) is 14.5. The van der Waals surface area contributed by atoms with Crippen LogP contribution in [0.15, 0.2) is 47.1 Å². The first-order valence-corrected chi connectivity index (χ1v) is 6.96. The molecule has 1 aromatic carbocycles. The number of hydrogen-bond acceptors (Lipinski definition) is 4. The lowest BCUT2D eigenvalue weighted by atomic mass is 10.0. The highest BCUT2D eigenvalue weighted by Crippen LogP contribution is 2.22. The Morgan fingerprint density at radius 1 is 1.30 bits per heavy atom. The number of aliphatic hydroxyl groups excluding tert-OH is 1. The van der Waals surface area contributed by atoms with Crippen molar-refractivity contribution in [2.24, 2.45) is 0 Å². The summed E-state index contributed by atoms with van der Waals surface area (Å²) in [7, 11) is 0. The van der Waals surface area contributed by atoms with Crippen molar-refractivity contribution >= 4 is 21.7 Å². The molecule has 2 N–H and O–H groups in total. The summed E-state index contributed by atoms with van der Waals surface area (Å²) in [4.78, 5) is 4.13. The van der Waals surface area contributed by atoms with Crippen LogP contribution in [0.3, 0.4) is 0 Å². The van der Waals surface area contributed by atoms with Crippen LogP contribution in [0.25, 0.3) is 0 Å². The number of anilines is 1. The fraction of sp³-hybridized carbons (Fsp3) is 0.200. The van der Waals surface area contributed by atoms with Crippen molar-refractivity contribution in [2.75, 3.05) is 5.32 Å². The third-order valence-corrected chi connectivity index (χ3v) is 3.51. The van der Waals surface area contributed by atoms with Crippen LogP contribution >= 0.6 is 15.9 Å². The summed E-state index contributed by atoms with van der Waals surface area (Å²) in [5, 5.41) is 22.4. The smallest absolute Gasteiger partial charge is 0.144 e. The van der Waals surface area contributed by atoms with Gasteiger partial charge in [0.25, 0.3) is 0 Å². The van der Waals surface area contributed by atoms with Crippen LogP contribution in [0.5, 0.6) is 0 Å². The number of pyridine rings is 1. The van der Waals surface area contributed by atoms with Gasteiger partial charge >= 0.3 is 0 Å². The van der Waals surface area contributed by atoms with Crippen LogP contribution in [0, 0.1) is 11.3 Å². The van der Waals surface area contributed by atoms with E-state index in [1.54, 1.807) is 18.3 Å². The molecule has 0 radical (unpaired) electrons. The second kappa shape index (κ2) is 6.51. The summed E-state index contributed by atoms with van der Waals surface area (Å²) >= 11 is 3.36. The van der Waals surface area contributed by atoms with E-state index < -0.39 is 6.10 Å². The number of hydrogen-bond donors (Lipinski definition) is 2. The molecule has 5 heteroatoms. The van der Waals surface area contributed by atoms with Gasteiger partial charge in [0.15, 0.2) is 0 Å². The highest BCUT2D eigenvalue weighted by molar-refractivity contribution is 9.10. The highest BCUT2D eigenvalue weighted by Gasteiger charge is 2.17. The van der Waals surface area contributed by atoms with Crippen molar-refractivity contribution in [3.63, 3.8) is 0 Å². The Hall–Kier alpha value is -1.90. The number of halogens is 1. The lowest BCUT2D eigenvalue weighted by molar-refractivity contribution is 0.160. The maximum atomic E-state index is 10.3. The first-order valence-electron chi connectivity index (χ1n) is 6.17. The molecule has 102 valence electrons. The molecule has 0 aliphatic heterocycles. The Morgan fingerprint density at radius 3 is 2.65 bits per heavy atom. The normalized spacial score (nSPS) is 13.3. The number of nitriles is 1. The Kier molecular flexibility index (Phi) is 4.72. The third kappa shape index (κ3) is 3.35. The minimum Gasteiger partial charge on any atom is -0.386 e. The van der Waals surface area contributed by atoms with E-state index in [0.29, 0.717) is 11.4 Å². The standard InChI is InChI=1S/C15H14BrN3O/c1-10(14(20)11-4-6-13(16)7-5-11)19-15-12(9-17)3-2-8-18-15/h2-8,10,14,20H,1H3,(H,18,19)/t10-,14+/m0/s1. The Balaban J connectivity index is 2.13. The molecule has 1 aromatic heterocycles. The predicted molar refractivity (Wildman–Crippen MR) is 81.1 cm³/mol. The number of nitrogens with zero attached hydrogens (tertiary/aromatic N) is 2. The minimum absolute atomic E-state index is 0.266. The molecule has 0 aliphatic carbocycles. The van der Waals surface area contributed by atoms with Crippen LogP contribution in [0.1, 0.15) is 24.2 Å². The van der Waals surface area contributed by atoms with Crippen molar-refractivity contribution in [1.29, 1.82) is 5.26 Å². The van der Waals surface area contributed by atoms with Crippen LogP contribution in [0.4, 0.5) is 5.82 Å². The molecule has 0 fully saturated rings. The van der Waals surface area contributed by atoms with Crippen LogP contribution in [0.2, 0.25) is 0 Å². The average molecular weight is 332 g/mol. The monoisotopic (exact) mass is 331 g/mol. The summed E-state index contributed by atoms with van der Waals surface area (Å²) in [5.41, 5.74) is 1.27. The van der Waals surface area contributed by atoms with E-state index >= 15 is 0 Å². The molecule has 0 spiro atoms. The van der Waals surface area contributed by atoms with Gasteiger partial charge in [0, 0.05) is 10.7 Å². The van der Waals surface area contributed by atoms with Gasteiger partial charge in [-0.25, -0.2) is 4.98 Å². The molecule has 0 unspecified atom stereocenters. The van der Waals surface area contributed by atoms with Crippen molar-refractivity contribution in [3.05, 3.63) is 58.2 Å². The van der Waals surface area contributed by atoms with Crippen molar-refractivity contribution < 1.29 is 5.11 Å². The van der Waals surface area contributed by atoms with E-state index in [9.17, 15) is 5.11 Å². The quantitative estimate of drug-likeness (QED) is 0.902. The molecule has 0 amide bonds. The maximum absolute atomic E-state index is 10.3. The van der Waals surface area contributed by atoms with Gasteiger partial charge in [-0.15, -0.1) is 0 Å². The van der Waals surface area contributed by atoms with E-state index in [1.807, 2.05) is 31.2 Å². The number of aliphatic hydroxyl groups is 1. The zero-order valence-corrected chi connectivity index (χ0v) is 12.5. The predicted octanol–water partition coefficient (Wildman–Crippen LogP) is 3.25. The van der Waals surface area contributed by atoms with Gasteiger partial charge in [-0.2, -0.15) is 5.26 Å². The molecule has 2 rings (SSSR count). The fourth-order valence-corrected chi connectivity index (χ4v) is 2.12. The lowest BCUT2D eigenvalue weighted by Gasteiger charge is -2.21. The zero-order chi connectivity index (χ0) is 14.5. The summed E-state index contributed by atoms with van der Waals surface area (Å²) < 4.78 is 0.963. The van der Waals surface area contributed by atoms with E-state index in [0.717, 1.165) is 10.0 Å². The number of aromatic nitrogens is 1. The van der Waals surface area contributed by atoms with Crippen molar-refractivity contribution in [2.45, 2.75) is 19.1 Å². The molecule has 0 saturated carbocycles. The Labute approximate surface area is 126 Å². The van der Waals surface area contributed by atoms with Crippen LogP contribution < -0.4 is 5.32 Å². The Morgan fingerprint density at radius 2 is 2.00 bits per heavy atom. The molecule has 0 bridgehead atoms. The van der Waals surface area contributed by atoms with Gasteiger partial charge in [0.05, 0.1) is 17.7 Å². The average Bonchev–Trinajstić information content (AvgIpc) is 2.48. The number of benzene rings is 1. The van der Waals surface area contributed by atoms with E-state index in [-0.39, 0.29) is 6.04 Å². The molecular weight excluding hydrogens is 318 g/mol. The maximum Gasteiger partial charge on any atom is 0.144 e. The van der Waals surface area contributed by atoms with E-state index in [2.05, 4.69) is 32.3 Å². The molecule has 1 heterocycles. The lowest BCUT2D eigenvalue weighted by Crippen LogP contribution is -2.25. The summed E-state index contributed by atoms with van der Waals surface area (Å²) in [5.74, 6) is 0.485. The second-order valence-corrected chi connectivity index (χ2v) is 5.36. The van der Waals surface area contributed by atoms with Crippen molar-refractivity contribution in [3.8, 4) is 6.07 Å². The largest absolute Gasteiger partial charge is 0.386 e. The van der Waals surface area contributed by atoms with Gasteiger partial charge in [0.2, 0.25) is 0 Å². The summed E-state index contributed by atoms with van der Waals surface area (Å²) in [6, 6.07) is 12.7. The van der Waals surface area contributed by atoms with Gasteiger partial charge in [-0.05, 0) is 36.8 Å². The van der Waals surface area contributed by atoms with E-state index in [1.165, 1.54) is 0 Å². The van der Waals surface area contributed by atoms with Gasteiger partial charge in [-0.3, -0.25) is 0 Å². The van der Waals surface area contributed by atoms with Gasteiger partial charge in [0.1, 0.15) is 11.9 Å². The van der Waals surface area contributed by atoms with Crippen LogP contribution in [-0.2, 0) is 0 Å². The zero-order valence-electron chi connectivity index (χ0n) is 10.9. The highest BCUT2D eigenvalue weighted by atomic mass is 79.9.